The monoisotopic (exact) mass is 483 g/mol. The number of likely N-dealkylation sites (tertiary alicyclic amines) is 1. The Morgan fingerprint density at radius 2 is 1.97 bits per heavy atom. The van der Waals surface area contributed by atoms with Crippen molar-refractivity contribution in [3.05, 3.63) is 78.2 Å². The summed E-state index contributed by atoms with van der Waals surface area (Å²) in [5.41, 5.74) is 2.86. The first-order chi connectivity index (χ1) is 17.7. The molecule has 2 N–H and O–H groups in total. The molecule has 0 spiro atoms. The van der Waals surface area contributed by atoms with Gasteiger partial charge in [-0.1, -0.05) is 24.3 Å². The smallest absolute Gasteiger partial charge is 0.224 e. The van der Waals surface area contributed by atoms with Crippen LogP contribution in [0.3, 0.4) is 0 Å². The lowest BCUT2D eigenvalue weighted by Crippen LogP contribution is -2.27. The molecule has 1 aromatic carbocycles. The third-order valence-electron chi connectivity index (χ3n) is 6.34. The van der Waals surface area contributed by atoms with Gasteiger partial charge in [0.2, 0.25) is 11.8 Å². The number of hydrogen-bond acceptors (Lipinski definition) is 6. The predicted molar refractivity (Wildman–Crippen MR) is 138 cm³/mol. The van der Waals surface area contributed by atoms with Gasteiger partial charge in [0.1, 0.15) is 5.82 Å². The Morgan fingerprint density at radius 1 is 1.06 bits per heavy atom. The number of rotatable bonds is 10. The molecule has 4 heterocycles. The van der Waals surface area contributed by atoms with E-state index in [-0.39, 0.29) is 18.2 Å². The topological polar surface area (TPSA) is 105 Å². The molecule has 1 aliphatic rings. The van der Waals surface area contributed by atoms with E-state index in [2.05, 4.69) is 25.8 Å². The van der Waals surface area contributed by atoms with Crippen LogP contribution in [0, 0.1) is 0 Å². The largest absolute Gasteiger partial charge is 0.369 e. The van der Waals surface area contributed by atoms with Crippen molar-refractivity contribution in [1.82, 2.24) is 30.0 Å². The van der Waals surface area contributed by atoms with Crippen LogP contribution in [-0.4, -0.2) is 56.1 Å². The molecule has 4 aromatic rings. The second-order valence-electron chi connectivity index (χ2n) is 8.90. The van der Waals surface area contributed by atoms with Crippen LogP contribution < -0.4 is 10.6 Å². The molecule has 9 nitrogen and oxygen atoms in total. The lowest BCUT2D eigenvalue weighted by atomic mass is 10.1. The molecule has 1 aliphatic heterocycles. The quantitative estimate of drug-likeness (QED) is 0.336. The van der Waals surface area contributed by atoms with Gasteiger partial charge in [0, 0.05) is 56.6 Å². The van der Waals surface area contributed by atoms with Gasteiger partial charge in [-0.3, -0.25) is 19.1 Å². The van der Waals surface area contributed by atoms with Crippen molar-refractivity contribution < 1.29 is 9.59 Å². The average Bonchev–Trinajstić information content (AvgIpc) is 3.49. The van der Waals surface area contributed by atoms with Crippen molar-refractivity contribution in [1.29, 1.82) is 0 Å². The summed E-state index contributed by atoms with van der Waals surface area (Å²) in [6.45, 7) is 2.81. The maximum atomic E-state index is 12.6. The minimum atomic E-state index is -0.0528. The number of nitrogens with zero attached hydrogens (tertiary/aromatic N) is 5. The van der Waals surface area contributed by atoms with Gasteiger partial charge >= 0.3 is 0 Å². The molecule has 1 saturated heterocycles. The third kappa shape index (κ3) is 5.51. The zero-order valence-corrected chi connectivity index (χ0v) is 20.1. The molecular weight excluding hydrogens is 454 g/mol. The molecule has 0 bridgehead atoms. The predicted octanol–water partition coefficient (Wildman–Crippen LogP) is 3.10. The zero-order chi connectivity index (χ0) is 24.7. The SMILES string of the molecule is O=C(Cc1cn(-c2ccc(NCCCN3CCCC3=O)nn2)c2ccccc12)NCc1cccnc1. The van der Waals surface area contributed by atoms with Crippen LogP contribution in [0.1, 0.15) is 30.4 Å². The van der Waals surface area contributed by atoms with E-state index in [4.69, 9.17) is 0 Å². The molecule has 9 heteroatoms. The molecule has 0 saturated carbocycles. The Labute approximate surface area is 209 Å². The van der Waals surface area contributed by atoms with Gasteiger partial charge < -0.3 is 15.5 Å². The van der Waals surface area contributed by atoms with Crippen molar-refractivity contribution in [3.8, 4) is 5.82 Å². The van der Waals surface area contributed by atoms with Crippen LogP contribution in [0.5, 0.6) is 0 Å². The van der Waals surface area contributed by atoms with Crippen LogP contribution in [0.4, 0.5) is 5.82 Å². The standard InChI is InChI=1S/C27H29N7O2/c35-26(30-18-20-6-3-12-28-17-20)16-21-19-34(23-8-2-1-7-22(21)23)25-11-10-24(31-32-25)29-13-5-15-33-14-4-9-27(33)36/h1-3,6-8,10-12,17,19H,4-5,9,13-16,18H2,(H,29,31)(H,30,35). The Kier molecular flexibility index (Phi) is 7.16. The highest BCUT2D eigenvalue weighted by Crippen LogP contribution is 2.24. The first-order valence-corrected chi connectivity index (χ1v) is 12.3. The number of carbonyl (C=O) groups excluding carboxylic acids is 2. The van der Waals surface area contributed by atoms with Crippen molar-refractivity contribution in [3.63, 3.8) is 0 Å². The van der Waals surface area contributed by atoms with Gasteiger partial charge in [-0.05, 0) is 48.2 Å². The molecule has 184 valence electrons. The second-order valence-corrected chi connectivity index (χ2v) is 8.90. The minimum absolute atomic E-state index is 0.0528. The van der Waals surface area contributed by atoms with Gasteiger partial charge in [0.05, 0.1) is 11.9 Å². The fraction of sp³-hybridized carbons (Fsp3) is 0.296. The summed E-state index contributed by atoms with van der Waals surface area (Å²) in [5, 5.41) is 16.0. The third-order valence-corrected chi connectivity index (χ3v) is 6.34. The van der Waals surface area contributed by atoms with E-state index in [1.165, 1.54) is 0 Å². The number of aromatic nitrogens is 4. The van der Waals surface area contributed by atoms with Crippen LogP contribution in [0.2, 0.25) is 0 Å². The summed E-state index contributed by atoms with van der Waals surface area (Å²) in [6, 6.07) is 15.6. The number of nitrogens with one attached hydrogen (secondary N) is 2. The Morgan fingerprint density at radius 3 is 2.75 bits per heavy atom. The van der Waals surface area contributed by atoms with E-state index >= 15 is 0 Å². The van der Waals surface area contributed by atoms with Crippen molar-refractivity contribution in [2.75, 3.05) is 25.0 Å². The van der Waals surface area contributed by atoms with Crippen LogP contribution in [-0.2, 0) is 22.6 Å². The van der Waals surface area contributed by atoms with E-state index in [9.17, 15) is 9.59 Å². The van der Waals surface area contributed by atoms with E-state index in [1.54, 1.807) is 12.4 Å². The summed E-state index contributed by atoms with van der Waals surface area (Å²) in [4.78, 5) is 30.4. The first-order valence-electron chi connectivity index (χ1n) is 12.3. The number of pyridine rings is 1. The number of carbonyl (C=O) groups is 2. The van der Waals surface area contributed by atoms with Gasteiger partial charge in [0.25, 0.3) is 0 Å². The van der Waals surface area contributed by atoms with Gasteiger partial charge in [-0.15, -0.1) is 10.2 Å². The lowest BCUT2D eigenvalue weighted by Gasteiger charge is -2.15. The van der Waals surface area contributed by atoms with Crippen molar-refractivity contribution >= 4 is 28.5 Å². The van der Waals surface area contributed by atoms with Crippen LogP contribution in [0.15, 0.2) is 67.1 Å². The minimum Gasteiger partial charge on any atom is -0.369 e. The number of anilines is 1. The van der Waals surface area contributed by atoms with E-state index in [0.29, 0.717) is 24.6 Å². The highest BCUT2D eigenvalue weighted by molar-refractivity contribution is 5.90. The van der Waals surface area contributed by atoms with Crippen LogP contribution in [0.25, 0.3) is 16.7 Å². The van der Waals surface area contributed by atoms with E-state index in [0.717, 1.165) is 54.5 Å². The summed E-state index contributed by atoms with van der Waals surface area (Å²) in [5.74, 6) is 1.57. The fourth-order valence-corrected chi connectivity index (χ4v) is 4.49. The Hall–Kier alpha value is -4.27. The molecule has 1 fully saturated rings. The zero-order valence-electron chi connectivity index (χ0n) is 20.1. The van der Waals surface area contributed by atoms with Crippen LogP contribution >= 0.6 is 0 Å². The van der Waals surface area contributed by atoms with Crippen molar-refractivity contribution in [2.45, 2.75) is 32.2 Å². The molecule has 0 radical (unpaired) electrons. The number of para-hydroxylation sites is 1. The van der Waals surface area contributed by atoms with Gasteiger partial charge in [0.15, 0.2) is 5.82 Å². The molecule has 3 aromatic heterocycles. The highest BCUT2D eigenvalue weighted by atomic mass is 16.2. The van der Waals surface area contributed by atoms with E-state index in [1.807, 2.05) is 64.2 Å². The number of hydrogen-bond donors (Lipinski definition) is 2. The second kappa shape index (κ2) is 11.0. The Bertz CT molecular complexity index is 1340. The number of amides is 2. The number of benzene rings is 1. The summed E-state index contributed by atoms with van der Waals surface area (Å²) < 4.78 is 1.97. The fourth-order valence-electron chi connectivity index (χ4n) is 4.49. The summed E-state index contributed by atoms with van der Waals surface area (Å²) in [6.07, 6.45) is 8.18. The average molecular weight is 484 g/mol. The molecule has 0 aliphatic carbocycles. The summed E-state index contributed by atoms with van der Waals surface area (Å²) in [7, 11) is 0. The normalized spacial score (nSPS) is 13.3. The molecular formula is C27H29N7O2. The maximum absolute atomic E-state index is 12.6. The number of fused-ring (bicyclic) bond motifs is 1. The summed E-state index contributed by atoms with van der Waals surface area (Å²) >= 11 is 0. The maximum Gasteiger partial charge on any atom is 0.224 e. The Balaban J connectivity index is 1.22. The lowest BCUT2D eigenvalue weighted by molar-refractivity contribution is -0.127. The van der Waals surface area contributed by atoms with E-state index < -0.39 is 0 Å². The molecule has 2 amide bonds. The molecule has 0 unspecified atom stereocenters. The van der Waals surface area contributed by atoms with Gasteiger partial charge in [-0.25, -0.2) is 0 Å². The van der Waals surface area contributed by atoms with Gasteiger partial charge in [-0.2, -0.15) is 0 Å². The molecule has 36 heavy (non-hydrogen) atoms. The molecule has 5 rings (SSSR count). The van der Waals surface area contributed by atoms with Crippen molar-refractivity contribution in [2.24, 2.45) is 0 Å². The first kappa shape index (κ1) is 23.5. The highest BCUT2D eigenvalue weighted by Gasteiger charge is 2.19. The molecule has 0 atom stereocenters.